The molecule has 7 nitrogen and oxygen atoms in total. The van der Waals surface area contributed by atoms with E-state index in [9.17, 15) is 18.0 Å². The summed E-state index contributed by atoms with van der Waals surface area (Å²) in [6, 6.07) is 4.00. The molecule has 0 radical (unpaired) electrons. The lowest BCUT2D eigenvalue weighted by atomic mass is 9.92. The first-order chi connectivity index (χ1) is 13.9. The number of fused-ring (bicyclic) bond motifs is 1. The van der Waals surface area contributed by atoms with Crippen molar-refractivity contribution in [1.29, 1.82) is 0 Å². The van der Waals surface area contributed by atoms with E-state index in [-0.39, 0.29) is 29.8 Å². The summed E-state index contributed by atoms with van der Waals surface area (Å²) in [6.07, 6.45) is -1.91. The van der Waals surface area contributed by atoms with E-state index in [1.54, 1.807) is 6.92 Å². The second kappa shape index (κ2) is 7.51. The zero-order valence-corrected chi connectivity index (χ0v) is 15.6. The van der Waals surface area contributed by atoms with Gasteiger partial charge in [-0.2, -0.15) is 23.3 Å². The van der Waals surface area contributed by atoms with Crippen molar-refractivity contribution >= 4 is 11.9 Å². The van der Waals surface area contributed by atoms with E-state index in [4.69, 9.17) is 9.47 Å². The molecule has 2 atom stereocenters. The largest absolute Gasteiger partial charge is 0.459 e. The van der Waals surface area contributed by atoms with Crippen LogP contribution in [0.25, 0.3) is 0 Å². The first kappa shape index (κ1) is 19.4. The normalized spacial score (nSPS) is 21.7. The van der Waals surface area contributed by atoms with Gasteiger partial charge in [-0.05, 0) is 31.4 Å². The Labute approximate surface area is 164 Å². The molecule has 3 heterocycles. The lowest BCUT2D eigenvalue weighted by molar-refractivity contribution is -0.143. The van der Waals surface area contributed by atoms with Crippen molar-refractivity contribution in [3.8, 4) is 0 Å². The summed E-state index contributed by atoms with van der Waals surface area (Å²) in [5.74, 6) is -0.464. The van der Waals surface area contributed by atoms with E-state index in [0.29, 0.717) is 12.3 Å². The molecular formula is C19H19F3N4O3. The van der Waals surface area contributed by atoms with E-state index in [2.05, 4.69) is 15.4 Å². The van der Waals surface area contributed by atoms with Gasteiger partial charge in [0.1, 0.15) is 19.0 Å². The lowest BCUT2D eigenvalue weighted by Crippen LogP contribution is -2.32. The quantitative estimate of drug-likeness (QED) is 0.783. The van der Waals surface area contributed by atoms with Crippen LogP contribution in [0.4, 0.5) is 19.1 Å². The number of aromatic nitrogens is 3. The van der Waals surface area contributed by atoms with Crippen LogP contribution in [-0.2, 0) is 20.4 Å². The predicted molar refractivity (Wildman–Crippen MR) is 95.9 cm³/mol. The molecule has 4 rings (SSSR count). The Morgan fingerprint density at radius 3 is 2.90 bits per heavy atom. The highest BCUT2D eigenvalue weighted by atomic mass is 19.4. The average Bonchev–Trinajstić information content (AvgIpc) is 3.36. The molecule has 2 unspecified atom stereocenters. The summed E-state index contributed by atoms with van der Waals surface area (Å²) in [5.41, 5.74) is -0.523. The number of esters is 1. The van der Waals surface area contributed by atoms with Crippen LogP contribution in [0.2, 0.25) is 0 Å². The fourth-order valence-corrected chi connectivity index (χ4v) is 3.66. The molecule has 1 fully saturated rings. The molecule has 0 aliphatic carbocycles. The highest BCUT2D eigenvalue weighted by Gasteiger charge is 2.41. The molecule has 10 heteroatoms. The fourth-order valence-electron chi connectivity index (χ4n) is 3.66. The van der Waals surface area contributed by atoms with Crippen LogP contribution in [0.3, 0.4) is 0 Å². The molecule has 0 bridgehead atoms. The van der Waals surface area contributed by atoms with E-state index in [1.165, 1.54) is 29.2 Å². The van der Waals surface area contributed by atoms with Gasteiger partial charge in [-0.15, -0.1) is 0 Å². The van der Waals surface area contributed by atoms with Gasteiger partial charge in [0.15, 0.2) is 0 Å². The second-order valence-electron chi connectivity index (χ2n) is 6.91. The monoisotopic (exact) mass is 408 g/mol. The predicted octanol–water partition coefficient (Wildman–Crippen LogP) is 3.31. The van der Waals surface area contributed by atoms with Crippen LogP contribution in [0, 0.1) is 0 Å². The molecular weight excluding hydrogens is 389 g/mol. The number of nitrogens with zero attached hydrogens (tertiary/aromatic N) is 3. The maximum absolute atomic E-state index is 13.7. The van der Waals surface area contributed by atoms with E-state index < -0.39 is 23.8 Å². The minimum atomic E-state index is -4.59. The number of alkyl halides is 3. The summed E-state index contributed by atoms with van der Waals surface area (Å²) in [5, 5.41) is 6.96. The standard InChI is InChI=1S/C19H19F3N4O3/c1-11-15(17(27)29-9-12-5-4-8-28-12)16(26-18(25-11)23-10-24-26)13-6-2-3-7-14(13)19(20,21)22/h2-3,6-7,10,12,16H,4-5,8-9H2,1H3,(H,23,24,25). The highest BCUT2D eigenvalue weighted by Crippen LogP contribution is 2.41. The van der Waals surface area contributed by atoms with Crippen LogP contribution in [0.15, 0.2) is 41.9 Å². The van der Waals surface area contributed by atoms with Crippen molar-refractivity contribution in [2.45, 2.75) is 38.1 Å². The summed E-state index contributed by atoms with van der Waals surface area (Å²) in [6.45, 7) is 2.26. The number of anilines is 1. The zero-order chi connectivity index (χ0) is 20.6. The maximum atomic E-state index is 13.7. The highest BCUT2D eigenvalue weighted by molar-refractivity contribution is 5.92. The Morgan fingerprint density at radius 2 is 2.17 bits per heavy atom. The summed E-state index contributed by atoms with van der Waals surface area (Å²) in [7, 11) is 0. The van der Waals surface area contributed by atoms with Crippen molar-refractivity contribution in [2.24, 2.45) is 0 Å². The number of halogens is 3. The molecule has 1 N–H and O–H groups in total. The van der Waals surface area contributed by atoms with Gasteiger partial charge < -0.3 is 14.8 Å². The Balaban J connectivity index is 1.74. The Kier molecular flexibility index (Phi) is 5.03. The number of rotatable bonds is 4. The van der Waals surface area contributed by atoms with Crippen molar-refractivity contribution < 1.29 is 27.4 Å². The summed E-state index contributed by atoms with van der Waals surface area (Å²) in [4.78, 5) is 17.0. The van der Waals surface area contributed by atoms with Crippen molar-refractivity contribution in [3.63, 3.8) is 0 Å². The number of nitrogens with one attached hydrogen (secondary N) is 1. The van der Waals surface area contributed by atoms with Gasteiger partial charge in [0.25, 0.3) is 0 Å². The molecule has 1 saturated heterocycles. The second-order valence-corrected chi connectivity index (χ2v) is 6.91. The molecule has 0 amide bonds. The van der Waals surface area contributed by atoms with Crippen LogP contribution in [-0.4, -0.2) is 40.1 Å². The van der Waals surface area contributed by atoms with Crippen molar-refractivity contribution in [3.05, 3.63) is 53.0 Å². The third kappa shape index (κ3) is 3.71. The minimum Gasteiger partial charge on any atom is -0.459 e. The molecule has 2 aliphatic heterocycles. The molecule has 0 saturated carbocycles. The molecule has 29 heavy (non-hydrogen) atoms. The summed E-state index contributed by atoms with van der Waals surface area (Å²) >= 11 is 0. The molecule has 154 valence electrons. The summed E-state index contributed by atoms with van der Waals surface area (Å²) < 4.78 is 53.1. The van der Waals surface area contributed by atoms with Crippen LogP contribution < -0.4 is 5.32 Å². The van der Waals surface area contributed by atoms with Crippen molar-refractivity contribution in [1.82, 2.24) is 14.8 Å². The van der Waals surface area contributed by atoms with Gasteiger partial charge in [-0.1, -0.05) is 18.2 Å². The van der Waals surface area contributed by atoms with Gasteiger partial charge in [0.2, 0.25) is 5.95 Å². The van der Waals surface area contributed by atoms with Crippen LogP contribution in [0.1, 0.15) is 36.9 Å². The van der Waals surface area contributed by atoms with Gasteiger partial charge in [-0.25, -0.2) is 9.48 Å². The molecule has 1 aromatic carbocycles. The zero-order valence-electron chi connectivity index (χ0n) is 15.6. The number of carbonyl (C=O) groups excluding carboxylic acids is 1. The Hall–Kier alpha value is -2.88. The maximum Gasteiger partial charge on any atom is 0.416 e. The number of carbonyl (C=O) groups is 1. The lowest BCUT2D eigenvalue weighted by Gasteiger charge is -2.30. The molecule has 0 spiro atoms. The molecule has 2 aliphatic rings. The first-order valence-corrected chi connectivity index (χ1v) is 9.18. The Morgan fingerprint density at radius 1 is 1.38 bits per heavy atom. The minimum absolute atomic E-state index is 0.0491. The first-order valence-electron chi connectivity index (χ1n) is 9.18. The number of hydrogen-bond acceptors (Lipinski definition) is 6. The Bertz CT molecular complexity index is 948. The number of allylic oxidation sites excluding steroid dienone is 1. The van der Waals surface area contributed by atoms with E-state index >= 15 is 0 Å². The topological polar surface area (TPSA) is 78.3 Å². The number of ether oxygens (including phenoxy) is 2. The molecule has 2 aromatic rings. The van der Waals surface area contributed by atoms with E-state index in [0.717, 1.165) is 18.9 Å². The van der Waals surface area contributed by atoms with E-state index in [1.807, 2.05) is 0 Å². The number of benzene rings is 1. The van der Waals surface area contributed by atoms with Crippen molar-refractivity contribution in [2.75, 3.05) is 18.5 Å². The third-order valence-electron chi connectivity index (χ3n) is 5.00. The van der Waals surface area contributed by atoms with Crippen LogP contribution >= 0.6 is 0 Å². The smallest absolute Gasteiger partial charge is 0.416 e. The SMILES string of the molecule is CC1=C(C(=O)OCC2CCCO2)C(c2ccccc2C(F)(F)F)n2ncnc2N1. The van der Waals surface area contributed by atoms with Gasteiger partial charge in [0.05, 0.1) is 17.2 Å². The average molecular weight is 408 g/mol. The van der Waals surface area contributed by atoms with Crippen LogP contribution in [0.5, 0.6) is 0 Å². The van der Waals surface area contributed by atoms with Gasteiger partial charge in [0, 0.05) is 12.3 Å². The number of hydrogen-bond donors (Lipinski definition) is 1. The van der Waals surface area contributed by atoms with Gasteiger partial charge >= 0.3 is 12.1 Å². The third-order valence-corrected chi connectivity index (χ3v) is 5.00. The molecule has 1 aromatic heterocycles. The fraction of sp³-hybridized carbons (Fsp3) is 0.421. The van der Waals surface area contributed by atoms with Gasteiger partial charge in [-0.3, -0.25) is 0 Å².